The van der Waals surface area contributed by atoms with Gasteiger partial charge in [0.25, 0.3) is 0 Å². The van der Waals surface area contributed by atoms with Gasteiger partial charge in [0.2, 0.25) is 15.9 Å². The van der Waals surface area contributed by atoms with Crippen LogP contribution in [0.15, 0.2) is 58.4 Å². The Bertz CT molecular complexity index is 1240. The molecule has 2 N–H and O–H groups in total. The third-order valence-electron chi connectivity index (χ3n) is 4.69. The summed E-state index contributed by atoms with van der Waals surface area (Å²) >= 11 is 1.46. The van der Waals surface area contributed by atoms with Gasteiger partial charge in [-0.05, 0) is 49.1 Å². The van der Waals surface area contributed by atoms with Crippen molar-refractivity contribution >= 4 is 33.3 Å². The molecule has 2 heterocycles. The standard InChI is InChI=1S/C20H24FN5O4S2/c1-31-14-10-16(24-32(29,30)17-8-3-2-7-15(17)21)19(27)22-11-6-13-26-20(28)25-12-5-4-9-18(25)23-26/h2-5,7-9,12,16,24H,6,10-11,13-14H2,1H3,(H,22,27). The first-order chi connectivity index (χ1) is 15.3. The molecule has 0 fully saturated rings. The van der Waals surface area contributed by atoms with Crippen LogP contribution in [0.2, 0.25) is 0 Å². The highest BCUT2D eigenvalue weighted by atomic mass is 32.2. The number of sulfonamides is 1. The maximum atomic E-state index is 13.9. The van der Waals surface area contributed by atoms with E-state index in [0.717, 1.165) is 12.1 Å². The lowest BCUT2D eigenvalue weighted by Gasteiger charge is -2.18. The van der Waals surface area contributed by atoms with E-state index in [1.165, 1.54) is 33.0 Å². The van der Waals surface area contributed by atoms with Crippen molar-refractivity contribution in [3.63, 3.8) is 0 Å². The number of hydrogen-bond acceptors (Lipinski definition) is 6. The minimum atomic E-state index is -4.21. The molecule has 3 aromatic rings. The second-order valence-electron chi connectivity index (χ2n) is 6.96. The van der Waals surface area contributed by atoms with Crippen molar-refractivity contribution < 1.29 is 17.6 Å². The van der Waals surface area contributed by atoms with Crippen LogP contribution in [0, 0.1) is 5.82 Å². The summed E-state index contributed by atoms with van der Waals surface area (Å²) in [5, 5.41) is 6.90. The topological polar surface area (TPSA) is 115 Å². The van der Waals surface area contributed by atoms with E-state index >= 15 is 0 Å². The summed E-state index contributed by atoms with van der Waals surface area (Å²) < 4.78 is 44.2. The van der Waals surface area contributed by atoms with Crippen LogP contribution >= 0.6 is 11.8 Å². The lowest BCUT2D eigenvalue weighted by Crippen LogP contribution is -2.47. The average Bonchev–Trinajstić information content (AvgIpc) is 3.10. The second-order valence-corrected chi connectivity index (χ2v) is 9.63. The van der Waals surface area contributed by atoms with Gasteiger partial charge in [0.15, 0.2) is 5.65 Å². The zero-order valence-electron chi connectivity index (χ0n) is 17.4. The van der Waals surface area contributed by atoms with E-state index in [2.05, 4.69) is 15.1 Å². The Morgan fingerprint density at radius 1 is 1.22 bits per heavy atom. The molecule has 12 heteroatoms. The van der Waals surface area contributed by atoms with Crippen molar-refractivity contribution in [2.75, 3.05) is 18.6 Å². The van der Waals surface area contributed by atoms with E-state index in [1.807, 2.05) is 6.26 Å². The number of aryl methyl sites for hydroxylation is 1. The molecular formula is C20H24FN5O4S2. The monoisotopic (exact) mass is 481 g/mol. The van der Waals surface area contributed by atoms with Crippen molar-refractivity contribution in [1.82, 2.24) is 24.2 Å². The summed E-state index contributed by atoms with van der Waals surface area (Å²) in [4.78, 5) is 24.4. The Hall–Kier alpha value is -2.70. The predicted octanol–water partition coefficient (Wildman–Crippen LogP) is 1.24. The molecule has 0 aliphatic carbocycles. The molecule has 1 aromatic carbocycles. The van der Waals surface area contributed by atoms with Gasteiger partial charge in [-0.1, -0.05) is 18.2 Å². The van der Waals surface area contributed by atoms with Gasteiger partial charge in [-0.15, -0.1) is 5.10 Å². The van der Waals surface area contributed by atoms with Crippen LogP contribution in [0.1, 0.15) is 12.8 Å². The summed E-state index contributed by atoms with van der Waals surface area (Å²) in [6, 6.07) is 9.18. The molecular weight excluding hydrogens is 457 g/mol. The molecule has 2 aromatic heterocycles. The smallest absolute Gasteiger partial charge is 0.350 e. The van der Waals surface area contributed by atoms with E-state index in [1.54, 1.807) is 24.4 Å². The van der Waals surface area contributed by atoms with Gasteiger partial charge in [-0.3, -0.25) is 9.20 Å². The summed E-state index contributed by atoms with van der Waals surface area (Å²) in [5.74, 6) is -0.864. The number of hydrogen-bond donors (Lipinski definition) is 2. The quantitative estimate of drug-likeness (QED) is 0.398. The first-order valence-electron chi connectivity index (χ1n) is 9.91. The van der Waals surface area contributed by atoms with Gasteiger partial charge in [-0.2, -0.15) is 16.5 Å². The highest BCUT2D eigenvalue weighted by Gasteiger charge is 2.27. The lowest BCUT2D eigenvalue weighted by atomic mass is 10.2. The van der Waals surface area contributed by atoms with Crippen molar-refractivity contribution in [3.8, 4) is 0 Å². The molecule has 172 valence electrons. The van der Waals surface area contributed by atoms with Crippen molar-refractivity contribution in [3.05, 3.63) is 65.0 Å². The summed E-state index contributed by atoms with van der Waals surface area (Å²) in [5.41, 5.74) is 0.253. The van der Waals surface area contributed by atoms with Crippen LogP contribution < -0.4 is 15.7 Å². The molecule has 0 bridgehead atoms. The van der Waals surface area contributed by atoms with Gasteiger partial charge in [0.1, 0.15) is 16.8 Å². The lowest BCUT2D eigenvalue weighted by molar-refractivity contribution is -0.122. The fourth-order valence-electron chi connectivity index (χ4n) is 3.07. The first-order valence-corrected chi connectivity index (χ1v) is 12.8. The zero-order chi connectivity index (χ0) is 23.1. The molecule has 9 nitrogen and oxygen atoms in total. The summed E-state index contributed by atoms with van der Waals surface area (Å²) in [6.07, 6.45) is 4.13. The first kappa shape index (κ1) is 24.0. The number of nitrogens with zero attached hydrogens (tertiary/aromatic N) is 3. The average molecular weight is 482 g/mol. The zero-order valence-corrected chi connectivity index (χ0v) is 19.0. The second kappa shape index (κ2) is 10.7. The van der Waals surface area contributed by atoms with Gasteiger partial charge in [0.05, 0.1) is 0 Å². The Kier molecular flexibility index (Phi) is 8.04. The maximum Gasteiger partial charge on any atom is 0.350 e. The highest BCUT2D eigenvalue weighted by Crippen LogP contribution is 2.15. The molecule has 0 aliphatic rings. The van der Waals surface area contributed by atoms with Crippen LogP contribution in [0.5, 0.6) is 0 Å². The number of aromatic nitrogens is 3. The molecule has 0 saturated heterocycles. The van der Waals surface area contributed by atoms with E-state index in [4.69, 9.17) is 0 Å². The Labute approximate surface area is 189 Å². The van der Waals surface area contributed by atoms with Gasteiger partial charge in [0, 0.05) is 19.3 Å². The molecule has 1 amide bonds. The number of carbonyl (C=O) groups excluding carboxylic acids is 1. The fraction of sp³-hybridized carbons (Fsp3) is 0.350. The molecule has 1 atom stereocenters. The summed E-state index contributed by atoms with van der Waals surface area (Å²) in [6.45, 7) is 0.508. The third kappa shape index (κ3) is 5.75. The molecule has 0 radical (unpaired) electrons. The van der Waals surface area contributed by atoms with Crippen molar-refractivity contribution in [2.45, 2.75) is 30.3 Å². The highest BCUT2D eigenvalue weighted by molar-refractivity contribution is 7.98. The minimum Gasteiger partial charge on any atom is -0.355 e. The van der Waals surface area contributed by atoms with E-state index in [-0.39, 0.29) is 25.2 Å². The van der Waals surface area contributed by atoms with Crippen LogP contribution in [-0.2, 0) is 21.4 Å². The Morgan fingerprint density at radius 3 is 2.69 bits per heavy atom. The Morgan fingerprint density at radius 2 is 1.97 bits per heavy atom. The largest absolute Gasteiger partial charge is 0.355 e. The summed E-state index contributed by atoms with van der Waals surface area (Å²) in [7, 11) is -4.21. The number of carbonyl (C=O) groups is 1. The van der Waals surface area contributed by atoms with Gasteiger partial charge >= 0.3 is 5.69 Å². The van der Waals surface area contributed by atoms with Crippen molar-refractivity contribution in [2.24, 2.45) is 0 Å². The number of pyridine rings is 1. The van der Waals surface area contributed by atoms with Crippen LogP contribution in [0.3, 0.4) is 0 Å². The number of amides is 1. The number of fused-ring (bicyclic) bond motifs is 1. The predicted molar refractivity (Wildman–Crippen MR) is 121 cm³/mol. The van der Waals surface area contributed by atoms with Crippen molar-refractivity contribution in [1.29, 1.82) is 0 Å². The number of nitrogens with one attached hydrogen (secondary N) is 2. The SMILES string of the molecule is CSCCC(NS(=O)(=O)c1ccccc1F)C(=O)NCCCn1nc2ccccn2c1=O. The maximum absolute atomic E-state index is 13.9. The molecule has 1 unspecified atom stereocenters. The third-order valence-corrected chi connectivity index (χ3v) is 6.83. The number of halogens is 1. The molecule has 0 aliphatic heterocycles. The van der Waals surface area contributed by atoms with Crippen LogP contribution in [-0.4, -0.2) is 53.1 Å². The molecule has 3 rings (SSSR count). The van der Waals surface area contributed by atoms with Crippen LogP contribution in [0.4, 0.5) is 4.39 Å². The van der Waals surface area contributed by atoms with Gasteiger partial charge in [-0.25, -0.2) is 22.3 Å². The number of thioether (sulfide) groups is 1. The molecule has 0 spiro atoms. The van der Waals surface area contributed by atoms with Gasteiger partial charge < -0.3 is 5.32 Å². The molecule has 32 heavy (non-hydrogen) atoms. The minimum absolute atomic E-state index is 0.219. The van der Waals surface area contributed by atoms with E-state index in [9.17, 15) is 22.4 Å². The van der Waals surface area contributed by atoms with E-state index in [0.29, 0.717) is 17.8 Å². The van der Waals surface area contributed by atoms with E-state index < -0.39 is 32.7 Å². The number of rotatable bonds is 11. The molecule has 0 saturated carbocycles. The fourth-order valence-corrected chi connectivity index (χ4v) is 4.85. The normalized spacial score (nSPS) is 12.7. The number of benzene rings is 1. The van der Waals surface area contributed by atoms with Crippen LogP contribution in [0.25, 0.3) is 5.65 Å². The Balaban J connectivity index is 1.60.